The van der Waals surface area contributed by atoms with Gasteiger partial charge in [0.15, 0.2) is 0 Å². The van der Waals surface area contributed by atoms with Gasteiger partial charge in [-0.3, -0.25) is 4.79 Å². The number of nitrogens with zero attached hydrogens (tertiary/aromatic N) is 4. The van der Waals surface area contributed by atoms with Gasteiger partial charge in [-0.2, -0.15) is 4.68 Å². The van der Waals surface area contributed by atoms with Crippen molar-refractivity contribution in [2.75, 3.05) is 5.32 Å². The highest BCUT2D eigenvalue weighted by atomic mass is 16.4. The van der Waals surface area contributed by atoms with E-state index in [1.165, 1.54) is 11.0 Å². The Bertz CT molecular complexity index is 995. The maximum Gasteiger partial charge on any atom is 0.349 e. The van der Waals surface area contributed by atoms with Crippen molar-refractivity contribution in [3.63, 3.8) is 0 Å². The molecule has 3 rings (SSSR count). The molecule has 140 valence electrons. The zero-order valence-corrected chi connectivity index (χ0v) is 15.5. The van der Waals surface area contributed by atoms with Gasteiger partial charge in [-0.05, 0) is 47.5 Å². The molecule has 0 radical (unpaired) electrons. The van der Waals surface area contributed by atoms with Crippen LogP contribution < -0.4 is 10.9 Å². The molecule has 0 saturated heterocycles. The van der Waals surface area contributed by atoms with E-state index in [-0.39, 0.29) is 11.5 Å². The van der Waals surface area contributed by atoms with Crippen molar-refractivity contribution in [2.24, 2.45) is 0 Å². The SMILES string of the molecule is CCCC(C)c1cc(C)c(C(=O)Nc2ccccc2-n2cnnn2)c(=O)o1. The summed E-state index contributed by atoms with van der Waals surface area (Å²) in [4.78, 5) is 25.2. The number of hydrogen-bond acceptors (Lipinski definition) is 6. The number of hydrogen-bond donors (Lipinski definition) is 1. The first-order valence-electron chi connectivity index (χ1n) is 8.79. The van der Waals surface area contributed by atoms with Gasteiger partial charge in [0, 0.05) is 5.92 Å². The number of para-hydroxylation sites is 2. The van der Waals surface area contributed by atoms with Gasteiger partial charge >= 0.3 is 5.63 Å². The van der Waals surface area contributed by atoms with E-state index in [4.69, 9.17) is 4.42 Å². The highest BCUT2D eigenvalue weighted by molar-refractivity contribution is 6.05. The molecule has 0 bridgehead atoms. The quantitative estimate of drug-likeness (QED) is 0.718. The van der Waals surface area contributed by atoms with Crippen LogP contribution in [0, 0.1) is 6.92 Å². The third kappa shape index (κ3) is 3.94. The summed E-state index contributed by atoms with van der Waals surface area (Å²) in [5.41, 5.74) is 1.02. The molecule has 0 aliphatic carbocycles. The third-order valence-electron chi connectivity index (χ3n) is 4.35. The van der Waals surface area contributed by atoms with E-state index in [0.717, 1.165) is 12.8 Å². The van der Waals surface area contributed by atoms with Crippen molar-refractivity contribution in [3.05, 3.63) is 64.0 Å². The first-order valence-corrected chi connectivity index (χ1v) is 8.79. The Morgan fingerprint density at radius 3 is 2.78 bits per heavy atom. The van der Waals surface area contributed by atoms with E-state index in [0.29, 0.717) is 22.7 Å². The summed E-state index contributed by atoms with van der Waals surface area (Å²) < 4.78 is 6.84. The van der Waals surface area contributed by atoms with Crippen LogP contribution in [-0.2, 0) is 0 Å². The largest absolute Gasteiger partial charge is 0.427 e. The monoisotopic (exact) mass is 367 g/mol. The Hall–Kier alpha value is -3.29. The summed E-state index contributed by atoms with van der Waals surface area (Å²) in [5.74, 6) is 0.195. The molecule has 3 aromatic rings. The average molecular weight is 367 g/mol. The molecular formula is C19H21N5O3. The number of anilines is 1. The van der Waals surface area contributed by atoms with E-state index in [1.807, 2.05) is 6.92 Å². The van der Waals surface area contributed by atoms with Gasteiger partial charge in [-0.15, -0.1) is 5.10 Å². The van der Waals surface area contributed by atoms with Gasteiger partial charge in [0.2, 0.25) is 0 Å². The fourth-order valence-electron chi connectivity index (χ4n) is 2.96. The zero-order chi connectivity index (χ0) is 19.4. The first-order chi connectivity index (χ1) is 13.0. The standard InChI is InChI=1S/C19H21N5O3/c1-4-7-12(2)16-10-13(3)17(19(26)27-16)18(25)21-14-8-5-6-9-15(14)24-11-20-22-23-24/h5-6,8-12H,4,7H2,1-3H3,(H,21,25). The van der Waals surface area contributed by atoms with Crippen molar-refractivity contribution in [1.82, 2.24) is 20.2 Å². The summed E-state index contributed by atoms with van der Waals surface area (Å²) >= 11 is 0. The minimum atomic E-state index is -0.634. The first kappa shape index (κ1) is 18.5. The van der Waals surface area contributed by atoms with Gasteiger partial charge in [-0.1, -0.05) is 32.4 Å². The second-order valence-electron chi connectivity index (χ2n) is 6.41. The van der Waals surface area contributed by atoms with E-state index in [2.05, 4.69) is 27.8 Å². The summed E-state index contributed by atoms with van der Waals surface area (Å²) in [6.45, 7) is 5.82. The molecule has 0 saturated carbocycles. The Balaban J connectivity index is 1.91. The van der Waals surface area contributed by atoms with Crippen molar-refractivity contribution in [3.8, 4) is 5.69 Å². The lowest BCUT2D eigenvalue weighted by atomic mass is 10.0. The highest BCUT2D eigenvalue weighted by Crippen LogP contribution is 2.23. The smallest absolute Gasteiger partial charge is 0.349 e. The molecule has 1 amide bonds. The van der Waals surface area contributed by atoms with E-state index >= 15 is 0 Å². The van der Waals surface area contributed by atoms with E-state index < -0.39 is 11.5 Å². The number of aryl methyl sites for hydroxylation is 1. The lowest BCUT2D eigenvalue weighted by Crippen LogP contribution is -2.24. The lowest BCUT2D eigenvalue weighted by Gasteiger charge is -2.13. The molecule has 0 spiro atoms. The third-order valence-corrected chi connectivity index (χ3v) is 4.35. The molecular weight excluding hydrogens is 346 g/mol. The van der Waals surface area contributed by atoms with Crippen molar-refractivity contribution >= 4 is 11.6 Å². The fraction of sp³-hybridized carbons (Fsp3) is 0.316. The molecule has 1 N–H and O–H groups in total. The zero-order valence-electron chi connectivity index (χ0n) is 15.5. The van der Waals surface area contributed by atoms with Gasteiger partial charge in [0.05, 0.1) is 11.4 Å². The van der Waals surface area contributed by atoms with Crippen LogP contribution in [0.5, 0.6) is 0 Å². The lowest BCUT2D eigenvalue weighted by molar-refractivity contribution is 0.102. The molecule has 0 aliphatic rings. The Morgan fingerprint density at radius 2 is 2.11 bits per heavy atom. The van der Waals surface area contributed by atoms with Crippen molar-refractivity contribution in [2.45, 2.75) is 39.5 Å². The van der Waals surface area contributed by atoms with Crippen LogP contribution in [0.4, 0.5) is 5.69 Å². The summed E-state index contributed by atoms with van der Waals surface area (Å²) in [5, 5.41) is 13.8. The molecule has 1 atom stereocenters. The number of benzene rings is 1. The van der Waals surface area contributed by atoms with Gasteiger partial charge < -0.3 is 9.73 Å². The predicted molar refractivity (Wildman–Crippen MR) is 100 cm³/mol. The van der Waals surface area contributed by atoms with Crippen molar-refractivity contribution < 1.29 is 9.21 Å². The minimum Gasteiger partial charge on any atom is -0.427 e. The summed E-state index contributed by atoms with van der Waals surface area (Å²) in [7, 11) is 0. The molecule has 27 heavy (non-hydrogen) atoms. The van der Waals surface area contributed by atoms with Gasteiger partial charge in [-0.25, -0.2) is 4.79 Å². The van der Waals surface area contributed by atoms with Crippen LogP contribution in [0.15, 0.2) is 45.9 Å². The molecule has 2 aromatic heterocycles. The highest BCUT2D eigenvalue weighted by Gasteiger charge is 2.20. The second kappa shape index (κ2) is 7.94. The number of nitrogens with one attached hydrogen (secondary N) is 1. The summed E-state index contributed by atoms with van der Waals surface area (Å²) in [6.07, 6.45) is 3.32. The van der Waals surface area contributed by atoms with Crippen LogP contribution >= 0.6 is 0 Å². The minimum absolute atomic E-state index is 0.00559. The maximum absolute atomic E-state index is 12.8. The number of carbonyl (C=O) groups is 1. The van der Waals surface area contributed by atoms with E-state index in [9.17, 15) is 9.59 Å². The Morgan fingerprint density at radius 1 is 1.33 bits per heavy atom. The molecule has 0 fully saturated rings. The molecule has 8 nitrogen and oxygen atoms in total. The number of amides is 1. The number of rotatable bonds is 6. The van der Waals surface area contributed by atoms with Crippen molar-refractivity contribution in [1.29, 1.82) is 0 Å². The van der Waals surface area contributed by atoms with E-state index in [1.54, 1.807) is 37.3 Å². The average Bonchev–Trinajstić information content (AvgIpc) is 3.16. The molecule has 2 heterocycles. The molecule has 1 unspecified atom stereocenters. The molecule has 1 aromatic carbocycles. The van der Waals surface area contributed by atoms with Gasteiger partial charge in [0.25, 0.3) is 5.91 Å². The molecule has 8 heteroatoms. The van der Waals surface area contributed by atoms with Crippen LogP contribution in [0.2, 0.25) is 0 Å². The molecule has 0 aliphatic heterocycles. The van der Waals surface area contributed by atoms with Crippen LogP contribution in [-0.4, -0.2) is 26.1 Å². The topological polar surface area (TPSA) is 103 Å². The number of aromatic nitrogens is 4. The van der Waals surface area contributed by atoms with Gasteiger partial charge in [0.1, 0.15) is 17.7 Å². The number of carbonyl (C=O) groups excluding carboxylic acids is 1. The maximum atomic E-state index is 12.8. The number of tetrazole rings is 1. The Labute approximate surface area is 156 Å². The van der Waals surface area contributed by atoms with Crippen LogP contribution in [0.1, 0.15) is 54.3 Å². The normalized spacial score (nSPS) is 12.0. The fourth-order valence-corrected chi connectivity index (χ4v) is 2.96. The summed E-state index contributed by atoms with van der Waals surface area (Å²) in [6, 6.07) is 8.81. The second-order valence-corrected chi connectivity index (χ2v) is 6.41. The van der Waals surface area contributed by atoms with Crippen LogP contribution in [0.25, 0.3) is 5.69 Å². The predicted octanol–water partition coefficient (Wildman–Crippen LogP) is 3.08. The Kier molecular flexibility index (Phi) is 5.44. The van der Waals surface area contributed by atoms with Crippen LogP contribution in [0.3, 0.4) is 0 Å².